The molecule has 3 heterocycles. The van der Waals surface area contributed by atoms with Gasteiger partial charge in [-0.1, -0.05) is 6.07 Å². The Morgan fingerprint density at radius 2 is 2.33 bits per heavy atom. The van der Waals surface area contributed by atoms with E-state index in [0.717, 1.165) is 37.2 Å². The molecular weight excluding hydrogens is 282 g/mol. The van der Waals surface area contributed by atoms with Crippen LogP contribution in [-0.4, -0.2) is 33.2 Å². The maximum Gasteiger partial charge on any atom is 0.228 e. The van der Waals surface area contributed by atoms with E-state index in [1.165, 1.54) is 6.42 Å². The van der Waals surface area contributed by atoms with Gasteiger partial charge < -0.3 is 4.90 Å². The van der Waals surface area contributed by atoms with Crippen molar-refractivity contribution < 1.29 is 4.79 Å². The summed E-state index contributed by atoms with van der Waals surface area (Å²) < 4.78 is 1.95. The number of hydrogen-bond acceptors (Lipinski definition) is 3. The number of aromatic nitrogens is 2. The molecule has 4 nitrogen and oxygen atoms in total. The van der Waals surface area contributed by atoms with E-state index in [-0.39, 0.29) is 5.91 Å². The molecule has 1 atom stereocenters. The van der Waals surface area contributed by atoms with E-state index >= 15 is 0 Å². The van der Waals surface area contributed by atoms with Gasteiger partial charge in [0.15, 0.2) is 0 Å². The normalized spacial score (nSPS) is 18.9. The van der Waals surface area contributed by atoms with E-state index in [1.807, 2.05) is 34.5 Å². The van der Waals surface area contributed by atoms with Crippen LogP contribution in [0, 0.1) is 0 Å². The first kappa shape index (κ1) is 14.3. The number of carbonyl (C=O) groups excluding carboxylic acids is 1. The molecule has 0 N–H and O–H groups in total. The van der Waals surface area contributed by atoms with Gasteiger partial charge in [0, 0.05) is 36.4 Å². The summed E-state index contributed by atoms with van der Waals surface area (Å²) in [6.45, 7) is 1.80. The van der Waals surface area contributed by atoms with Crippen LogP contribution in [0.2, 0.25) is 0 Å². The Morgan fingerprint density at radius 3 is 3.10 bits per heavy atom. The van der Waals surface area contributed by atoms with Crippen molar-refractivity contribution >= 4 is 17.2 Å². The van der Waals surface area contributed by atoms with Crippen LogP contribution in [0.3, 0.4) is 0 Å². The minimum absolute atomic E-state index is 0.280. The topological polar surface area (TPSA) is 38.1 Å². The molecule has 0 aromatic carbocycles. The smallest absolute Gasteiger partial charge is 0.228 e. The molecule has 112 valence electrons. The summed E-state index contributed by atoms with van der Waals surface area (Å²) in [6.07, 6.45) is 8.83. The Hall–Kier alpha value is -1.62. The fourth-order valence-electron chi connectivity index (χ4n) is 3.01. The summed E-state index contributed by atoms with van der Waals surface area (Å²) in [5.74, 6) is 0.280. The van der Waals surface area contributed by atoms with Gasteiger partial charge >= 0.3 is 0 Å². The van der Waals surface area contributed by atoms with E-state index in [0.29, 0.717) is 12.5 Å². The lowest BCUT2D eigenvalue weighted by Gasteiger charge is -2.36. The lowest BCUT2D eigenvalue weighted by molar-refractivity contribution is -0.134. The molecule has 2 aromatic heterocycles. The van der Waals surface area contributed by atoms with Gasteiger partial charge in [-0.15, -0.1) is 11.3 Å². The van der Waals surface area contributed by atoms with E-state index in [4.69, 9.17) is 0 Å². The van der Waals surface area contributed by atoms with Crippen molar-refractivity contribution in [2.45, 2.75) is 44.7 Å². The van der Waals surface area contributed by atoms with Gasteiger partial charge in [0.1, 0.15) is 0 Å². The van der Waals surface area contributed by atoms with Gasteiger partial charge in [0.05, 0.1) is 6.42 Å². The molecule has 0 radical (unpaired) electrons. The zero-order chi connectivity index (χ0) is 14.5. The van der Waals surface area contributed by atoms with Crippen molar-refractivity contribution in [1.82, 2.24) is 14.7 Å². The highest BCUT2D eigenvalue weighted by molar-refractivity contribution is 7.10. The number of amides is 1. The summed E-state index contributed by atoms with van der Waals surface area (Å²) in [5, 5.41) is 6.28. The average molecular weight is 303 g/mol. The molecule has 1 aliphatic heterocycles. The highest BCUT2D eigenvalue weighted by atomic mass is 32.1. The molecule has 1 fully saturated rings. The molecule has 0 spiro atoms. The molecular formula is C16H21N3OS. The Balaban J connectivity index is 1.59. The van der Waals surface area contributed by atoms with Crippen LogP contribution in [0.25, 0.3) is 0 Å². The lowest BCUT2D eigenvalue weighted by atomic mass is 9.98. The van der Waals surface area contributed by atoms with Crippen molar-refractivity contribution in [2.75, 3.05) is 6.54 Å². The Labute approximate surface area is 129 Å². The second kappa shape index (κ2) is 6.89. The van der Waals surface area contributed by atoms with Crippen molar-refractivity contribution in [2.24, 2.45) is 0 Å². The van der Waals surface area contributed by atoms with E-state index in [2.05, 4.69) is 10.00 Å². The fraction of sp³-hybridized carbons (Fsp3) is 0.500. The summed E-state index contributed by atoms with van der Waals surface area (Å²) >= 11 is 1.67. The molecule has 0 saturated carbocycles. The third kappa shape index (κ3) is 3.73. The minimum Gasteiger partial charge on any atom is -0.339 e. The summed E-state index contributed by atoms with van der Waals surface area (Å²) in [5.41, 5.74) is 0. The summed E-state index contributed by atoms with van der Waals surface area (Å²) in [6, 6.07) is 6.38. The van der Waals surface area contributed by atoms with E-state index < -0.39 is 0 Å². The standard InChI is InChI=1S/C16H21N3OS/c20-16(13-15-6-3-12-21-15)19-10-2-1-5-14(19)7-11-18-9-4-8-17-18/h3-4,6,8-9,12,14H,1-2,5,7,10-11,13H2/t14-/m0/s1. The first-order chi connectivity index (χ1) is 10.3. The highest BCUT2D eigenvalue weighted by Gasteiger charge is 2.26. The first-order valence-electron chi connectivity index (χ1n) is 7.62. The lowest BCUT2D eigenvalue weighted by Crippen LogP contribution is -2.44. The van der Waals surface area contributed by atoms with E-state index in [9.17, 15) is 4.79 Å². The second-order valence-electron chi connectivity index (χ2n) is 5.55. The largest absolute Gasteiger partial charge is 0.339 e. The Morgan fingerprint density at radius 1 is 1.38 bits per heavy atom. The van der Waals surface area contributed by atoms with Crippen LogP contribution >= 0.6 is 11.3 Å². The minimum atomic E-state index is 0.280. The quantitative estimate of drug-likeness (QED) is 0.851. The highest BCUT2D eigenvalue weighted by Crippen LogP contribution is 2.22. The van der Waals surface area contributed by atoms with Gasteiger partial charge in [0.2, 0.25) is 5.91 Å². The molecule has 1 aliphatic rings. The molecule has 2 aromatic rings. The van der Waals surface area contributed by atoms with Gasteiger partial charge in [0.25, 0.3) is 0 Å². The molecule has 0 unspecified atom stereocenters. The van der Waals surface area contributed by atoms with Crippen LogP contribution in [0.4, 0.5) is 0 Å². The number of thiophene rings is 1. The number of piperidine rings is 1. The maximum atomic E-state index is 12.5. The van der Waals surface area contributed by atoms with Crippen LogP contribution in [0.1, 0.15) is 30.6 Å². The number of nitrogens with zero attached hydrogens (tertiary/aromatic N) is 3. The molecule has 1 amide bonds. The van der Waals surface area contributed by atoms with Crippen LogP contribution in [0.15, 0.2) is 36.0 Å². The van der Waals surface area contributed by atoms with Crippen LogP contribution < -0.4 is 0 Å². The number of aryl methyl sites for hydroxylation is 1. The molecule has 5 heteroatoms. The summed E-state index contributed by atoms with van der Waals surface area (Å²) in [4.78, 5) is 15.8. The zero-order valence-corrected chi connectivity index (χ0v) is 13.0. The van der Waals surface area contributed by atoms with Crippen molar-refractivity contribution in [1.29, 1.82) is 0 Å². The predicted octanol–water partition coefficient (Wildman–Crippen LogP) is 2.96. The molecule has 0 bridgehead atoms. The third-order valence-electron chi connectivity index (χ3n) is 4.10. The summed E-state index contributed by atoms with van der Waals surface area (Å²) in [7, 11) is 0. The fourth-order valence-corrected chi connectivity index (χ4v) is 3.70. The monoisotopic (exact) mass is 303 g/mol. The van der Waals surface area contributed by atoms with Gasteiger partial charge in [-0.3, -0.25) is 9.48 Å². The Kier molecular flexibility index (Phi) is 4.70. The SMILES string of the molecule is O=C(Cc1cccs1)N1CCCC[C@H]1CCn1cccn1. The zero-order valence-electron chi connectivity index (χ0n) is 12.1. The Bertz CT molecular complexity index is 550. The van der Waals surface area contributed by atoms with Crippen molar-refractivity contribution in [3.8, 4) is 0 Å². The second-order valence-corrected chi connectivity index (χ2v) is 6.58. The number of carbonyl (C=O) groups is 1. The van der Waals surface area contributed by atoms with Crippen molar-refractivity contribution in [3.63, 3.8) is 0 Å². The molecule has 0 aliphatic carbocycles. The first-order valence-corrected chi connectivity index (χ1v) is 8.50. The number of rotatable bonds is 5. The molecule has 1 saturated heterocycles. The molecule has 3 rings (SSSR count). The third-order valence-corrected chi connectivity index (χ3v) is 4.98. The van der Waals surface area contributed by atoms with Gasteiger partial charge in [-0.25, -0.2) is 0 Å². The number of likely N-dealkylation sites (tertiary alicyclic amines) is 1. The van der Waals surface area contributed by atoms with Crippen LogP contribution in [0.5, 0.6) is 0 Å². The van der Waals surface area contributed by atoms with Crippen molar-refractivity contribution in [3.05, 3.63) is 40.8 Å². The van der Waals surface area contributed by atoms with Gasteiger partial charge in [-0.2, -0.15) is 5.10 Å². The van der Waals surface area contributed by atoms with E-state index in [1.54, 1.807) is 17.5 Å². The average Bonchev–Trinajstić information content (AvgIpc) is 3.18. The predicted molar refractivity (Wildman–Crippen MR) is 84.2 cm³/mol. The molecule has 21 heavy (non-hydrogen) atoms. The maximum absolute atomic E-state index is 12.5. The van der Waals surface area contributed by atoms with Crippen LogP contribution in [-0.2, 0) is 17.8 Å². The van der Waals surface area contributed by atoms with Gasteiger partial charge in [-0.05, 0) is 43.2 Å². The number of hydrogen-bond donors (Lipinski definition) is 0.